The fourth-order valence-corrected chi connectivity index (χ4v) is 2.06. The molecule has 0 saturated heterocycles. The van der Waals surface area contributed by atoms with Crippen LogP contribution < -0.4 is 10.6 Å². The minimum atomic E-state index is 0.680. The predicted octanol–water partition coefficient (Wildman–Crippen LogP) is 1.28. The third kappa shape index (κ3) is 4.63. The third-order valence-corrected chi connectivity index (χ3v) is 3.00. The van der Waals surface area contributed by atoms with Gasteiger partial charge in [0.15, 0.2) is 0 Å². The average molecular weight is 250 g/mol. The van der Waals surface area contributed by atoms with E-state index < -0.39 is 0 Å². The van der Waals surface area contributed by atoms with Gasteiger partial charge in [0.1, 0.15) is 5.82 Å². The Bertz CT molecular complexity index is 363. The molecule has 18 heavy (non-hydrogen) atoms. The van der Waals surface area contributed by atoms with E-state index in [-0.39, 0.29) is 0 Å². The lowest BCUT2D eigenvalue weighted by Gasteiger charge is -2.21. The minimum absolute atomic E-state index is 0.680. The number of hydrogen-bond acceptors (Lipinski definition) is 4. The number of hydrogen-bond donors (Lipinski definition) is 1. The van der Waals surface area contributed by atoms with Gasteiger partial charge in [-0.15, -0.1) is 0 Å². The smallest absolute Gasteiger partial charge is 0.131 e. The van der Waals surface area contributed by atoms with Crippen molar-refractivity contribution in [3.63, 3.8) is 0 Å². The van der Waals surface area contributed by atoms with Gasteiger partial charge in [0, 0.05) is 19.8 Å². The van der Waals surface area contributed by atoms with E-state index in [1.54, 1.807) is 0 Å². The van der Waals surface area contributed by atoms with Gasteiger partial charge < -0.3 is 15.5 Å². The van der Waals surface area contributed by atoms with Crippen LogP contribution in [0, 0.1) is 6.92 Å². The SMILES string of the molecule is Cc1cc(CCN)cnc1N(C)CCCN(C)C. The van der Waals surface area contributed by atoms with E-state index in [2.05, 4.69) is 48.9 Å². The van der Waals surface area contributed by atoms with E-state index in [1.807, 2.05) is 6.20 Å². The maximum atomic E-state index is 5.56. The summed E-state index contributed by atoms with van der Waals surface area (Å²) in [6.07, 6.45) is 3.99. The van der Waals surface area contributed by atoms with Crippen LogP contribution in [-0.2, 0) is 6.42 Å². The van der Waals surface area contributed by atoms with Crippen molar-refractivity contribution in [2.24, 2.45) is 5.73 Å². The second kappa shape index (κ2) is 7.34. The first-order valence-corrected chi connectivity index (χ1v) is 6.56. The number of anilines is 1. The average Bonchev–Trinajstić information content (AvgIpc) is 2.28. The van der Waals surface area contributed by atoms with Crippen molar-refractivity contribution in [1.29, 1.82) is 0 Å². The monoisotopic (exact) mass is 250 g/mol. The molecular formula is C14H26N4. The molecule has 1 heterocycles. The Labute approximate surface area is 111 Å². The van der Waals surface area contributed by atoms with Crippen molar-refractivity contribution in [3.05, 3.63) is 23.4 Å². The fourth-order valence-electron chi connectivity index (χ4n) is 2.06. The van der Waals surface area contributed by atoms with Crippen molar-refractivity contribution < 1.29 is 0 Å². The summed E-state index contributed by atoms with van der Waals surface area (Å²) in [5.41, 5.74) is 8.01. The lowest BCUT2D eigenvalue weighted by molar-refractivity contribution is 0.401. The molecule has 0 radical (unpaired) electrons. The highest BCUT2D eigenvalue weighted by molar-refractivity contribution is 5.46. The van der Waals surface area contributed by atoms with Crippen LogP contribution in [0.4, 0.5) is 5.82 Å². The molecule has 0 fully saturated rings. The summed E-state index contributed by atoms with van der Waals surface area (Å²) < 4.78 is 0. The Morgan fingerprint density at radius 2 is 1.94 bits per heavy atom. The van der Waals surface area contributed by atoms with Crippen LogP contribution in [0.25, 0.3) is 0 Å². The Balaban J connectivity index is 2.59. The molecule has 0 aromatic carbocycles. The molecule has 0 amide bonds. The molecule has 0 saturated carbocycles. The van der Waals surface area contributed by atoms with E-state index in [0.29, 0.717) is 6.54 Å². The maximum absolute atomic E-state index is 5.56. The summed E-state index contributed by atoms with van der Waals surface area (Å²) in [5, 5.41) is 0. The summed E-state index contributed by atoms with van der Waals surface area (Å²) in [7, 11) is 6.31. The zero-order valence-electron chi connectivity index (χ0n) is 12.1. The fraction of sp³-hybridized carbons (Fsp3) is 0.643. The van der Waals surface area contributed by atoms with Crippen molar-refractivity contribution in [1.82, 2.24) is 9.88 Å². The second-order valence-electron chi connectivity index (χ2n) is 5.10. The molecule has 0 bridgehead atoms. The van der Waals surface area contributed by atoms with Crippen LogP contribution in [0.2, 0.25) is 0 Å². The topological polar surface area (TPSA) is 45.4 Å². The Morgan fingerprint density at radius 1 is 1.22 bits per heavy atom. The molecule has 0 aliphatic rings. The highest BCUT2D eigenvalue weighted by Gasteiger charge is 2.07. The Kier molecular flexibility index (Phi) is 6.09. The van der Waals surface area contributed by atoms with Gasteiger partial charge in [-0.3, -0.25) is 0 Å². The van der Waals surface area contributed by atoms with Gasteiger partial charge in [0.2, 0.25) is 0 Å². The zero-order chi connectivity index (χ0) is 13.5. The molecule has 4 nitrogen and oxygen atoms in total. The predicted molar refractivity (Wildman–Crippen MR) is 78.2 cm³/mol. The van der Waals surface area contributed by atoms with Crippen molar-refractivity contribution in [3.8, 4) is 0 Å². The van der Waals surface area contributed by atoms with Gasteiger partial charge >= 0.3 is 0 Å². The molecule has 0 aliphatic heterocycles. The van der Waals surface area contributed by atoms with Crippen LogP contribution in [0.15, 0.2) is 12.3 Å². The maximum Gasteiger partial charge on any atom is 0.131 e. The molecule has 2 N–H and O–H groups in total. The molecule has 1 rings (SSSR count). The molecule has 0 aliphatic carbocycles. The molecule has 4 heteroatoms. The summed E-state index contributed by atoms with van der Waals surface area (Å²) >= 11 is 0. The summed E-state index contributed by atoms with van der Waals surface area (Å²) in [6, 6.07) is 2.19. The van der Waals surface area contributed by atoms with E-state index in [0.717, 1.165) is 31.7 Å². The number of pyridine rings is 1. The molecule has 0 unspecified atom stereocenters. The quantitative estimate of drug-likeness (QED) is 0.792. The normalized spacial score (nSPS) is 11.0. The first kappa shape index (κ1) is 14.9. The Hall–Kier alpha value is -1.13. The number of aromatic nitrogens is 1. The first-order valence-electron chi connectivity index (χ1n) is 6.56. The highest BCUT2D eigenvalue weighted by atomic mass is 15.2. The molecular weight excluding hydrogens is 224 g/mol. The largest absolute Gasteiger partial charge is 0.359 e. The molecule has 0 atom stereocenters. The van der Waals surface area contributed by atoms with E-state index in [1.165, 1.54) is 11.1 Å². The van der Waals surface area contributed by atoms with Gasteiger partial charge in [-0.2, -0.15) is 0 Å². The van der Waals surface area contributed by atoms with Gasteiger partial charge in [0.25, 0.3) is 0 Å². The standard InChI is InChI=1S/C14H26N4/c1-12-10-13(6-7-15)11-16-14(12)18(4)9-5-8-17(2)3/h10-11H,5-9,15H2,1-4H3. The van der Waals surface area contributed by atoms with Crippen LogP contribution in [0.5, 0.6) is 0 Å². The van der Waals surface area contributed by atoms with Crippen LogP contribution >= 0.6 is 0 Å². The highest BCUT2D eigenvalue weighted by Crippen LogP contribution is 2.17. The number of aryl methyl sites for hydroxylation is 1. The molecule has 1 aromatic rings. The van der Waals surface area contributed by atoms with Gasteiger partial charge in [-0.25, -0.2) is 4.98 Å². The van der Waals surface area contributed by atoms with E-state index in [9.17, 15) is 0 Å². The first-order chi connectivity index (χ1) is 8.54. The van der Waals surface area contributed by atoms with Gasteiger partial charge in [-0.1, -0.05) is 6.07 Å². The van der Waals surface area contributed by atoms with Crippen LogP contribution in [-0.4, -0.2) is 50.7 Å². The third-order valence-electron chi connectivity index (χ3n) is 3.00. The molecule has 0 spiro atoms. The van der Waals surface area contributed by atoms with Gasteiger partial charge in [0.05, 0.1) is 0 Å². The summed E-state index contributed by atoms with van der Waals surface area (Å²) in [4.78, 5) is 8.99. The lowest BCUT2D eigenvalue weighted by Crippen LogP contribution is -2.24. The van der Waals surface area contributed by atoms with Crippen molar-refractivity contribution >= 4 is 5.82 Å². The van der Waals surface area contributed by atoms with Crippen LogP contribution in [0.3, 0.4) is 0 Å². The molecule has 1 aromatic heterocycles. The minimum Gasteiger partial charge on any atom is -0.359 e. The van der Waals surface area contributed by atoms with Gasteiger partial charge in [-0.05, 0) is 58.1 Å². The zero-order valence-corrected chi connectivity index (χ0v) is 12.1. The van der Waals surface area contributed by atoms with E-state index in [4.69, 9.17) is 5.73 Å². The lowest BCUT2D eigenvalue weighted by atomic mass is 10.1. The van der Waals surface area contributed by atoms with Crippen LogP contribution in [0.1, 0.15) is 17.5 Å². The summed E-state index contributed by atoms with van der Waals surface area (Å²) in [5.74, 6) is 1.08. The van der Waals surface area contributed by atoms with Crippen molar-refractivity contribution in [2.75, 3.05) is 45.7 Å². The van der Waals surface area contributed by atoms with E-state index >= 15 is 0 Å². The van der Waals surface area contributed by atoms with Crippen molar-refractivity contribution in [2.45, 2.75) is 19.8 Å². The second-order valence-corrected chi connectivity index (χ2v) is 5.10. The Morgan fingerprint density at radius 3 is 2.50 bits per heavy atom. The number of nitrogens with zero attached hydrogens (tertiary/aromatic N) is 3. The molecule has 102 valence electrons. The number of nitrogens with two attached hydrogens (primary N) is 1. The summed E-state index contributed by atoms with van der Waals surface area (Å²) in [6.45, 7) is 4.93. The number of rotatable bonds is 7.